The minimum absolute atomic E-state index is 0.325. The van der Waals surface area contributed by atoms with Crippen LogP contribution in [0.5, 0.6) is 0 Å². The topological polar surface area (TPSA) is 69.7 Å². The monoisotopic (exact) mass is 477 g/mol. The molecule has 0 aliphatic carbocycles. The minimum Gasteiger partial charge on any atom is -0.350 e. The fourth-order valence-electron chi connectivity index (χ4n) is 4.17. The van der Waals surface area contributed by atoms with Gasteiger partial charge in [0.15, 0.2) is 0 Å². The zero-order valence-corrected chi connectivity index (χ0v) is 20.3. The molecule has 0 bridgehead atoms. The fraction of sp³-hybridized carbons (Fsp3) is 0.458. The summed E-state index contributed by atoms with van der Waals surface area (Å²) in [7, 11) is -3.67. The summed E-state index contributed by atoms with van der Waals surface area (Å²) in [5, 5.41) is 3.43. The van der Waals surface area contributed by atoms with E-state index in [-0.39, 0.29) is 5.91 Å². The van der Waals surface area contributed by atoms with Crippen molar-refractivity contribution < 1.29 is 13.2 Å². The van der Waals surface area contributed by atoms with Crippen LogP contribution >= 0.6 is 11.6 Å². The second kappa shape index (κ2) is 11.2. The van der Waals surface area contributed by atoms with E-state index in [0.29, 0.717) is 23.7 Å². The summed E-state index contributed by atoms with van der Waals surface area (Å²) in [6.07, 6.45) is 5.26. The van der Waals surface area contributed by atoms with Crippen LogP contribution in [0.3, 0.4) is 0 Å². The number of amides is 1. The highest BCUT2D eigenvalue weighted by Crippen LogP contribution is 2.24. The van der Waals surface area contributed by atoms with E-state index >= 15 is 0 Å². The lowest BCUT2D eigenvalue weighted by molar-refractivity contribution is -0.122. The van der Waals surface area contributed by atoms with Crippen LogP contribution < -0.4 is 9.62 Å². The van der Waals surface area contributed by atoms with Gasteiger partial charge < -0.3 is 5.32 Å². The van der Waals surface area contributed by atoms with Gasteiger partial charge in [0.05, 0.1) is 11.9 Å². The van der Waals surface area contributed by atoms with E-state index in [1.165, 1.54) is 29.1 Å². The number of carbonyl (C=O) groups excluding carboxylic acids is 1. The minimum atomic E-state index is -3.67. The molecular formula is C24H32ClN3O3S. The van der Waals surface area contributed by atoms with E-state index in [4.69, 9.17) is 11.6 Å². The SMILES string of the molecule is CC[C@H](C(=O)NCc1cccc(CN2CCCCC2)c1)N(c1ccc(Cl)cc1)S(C)(=O)=O. The predicted molar refractivity (Wildman–Crippen MR) is 130 cm³/mol. The third kappa shape index (κ3) is 6.70. The van der Waals surface area contributed by atoms with Gasteiger partial charge in [-0.25, -0.2) is 8.42 Å². The molecule has 3 rings (SSSR count). The van der Waals surface area contributed by atoms with Gasteiger partial charge in [-0.05, 0) is 67.7 Å². The lowest BCUT2D eigenvalue weighted by Crippen LogP contribution is -2.49. The lowest BCUT2D eigenvalue weighted by atomic mass is 10.1. The molecule has 1 fully saturated rings. The molecular weight excluding hydrogens is 446 g/mol. The van der Waals surface area contributed by atoms with Crippen molar-refractivity contribution in [2.24, 2.45) is 0 Å². The number of nitrogens with zero attached hydrogens (tertiary/aromatic N) is 2. The number of benzene rings is 2. The molecule has 1 amide bonds. The smallest absolute Gasteiger partial charge is 0.244 e. The number of piperidine rings is 1. The van der Waals surface area contributed by atoms with Gasteiger partial charge >= 0.3 is 0 Å². The summed E-state index contributed by atoms with van der Waals surface area (Å²) in [6, 6.07) is 13.8. The van der Waals surface area contributed by atoms with Crippen LogP contribution in [0.25, 0.3) is 0 Å². The van der Waals surface area contributed by atoms with E-state index in [1.54, 1.807) is 31.2 Å². The van der Waals surface area contributed by atoms with Crippen molar-refractivity contribution in [3.8, 4) is 0 Å². The third-order valence-corrected chi connectivity index (χ3v) is 7.16. The predicted octanol–water partition coefficient (Wildman–Crippen LogP) is 4.19. The van der Waals surface area contributed by atoms with Gasteiger partial charge in [0, 0.05) is 18.1 Å². The highest BCUT2D eigenvalue weighted by Gasteiger charge is 2.31. The number of rotatable bonds is 9. The number of likely N-dealkylation sites (tertiary alicyclic amines) is 1. The maximum atomic E-state index is 13.0. The Balaban J connectivity index is 1.69. The first-order chi connectivity index (χ1) is 15.3. The Morgan fingerprint density at radius 1 is 1.09 bits per heavy atom. The number of hydrogen-bond donors (Lipinski definition) is 1. The molecule has 0 aromatic heterocycles. The average molecular weight is 478 g/mol. The van der Waals surface area contributed by atoms with E-state index in [0.717, 1.165) is 31.5 Å². The number of carbonyl (C=O) groups is 1. The Morgan fingerprint density at radius 2 is 1.75 bits per heavy atom. The van der Waals surface area contributed by atoms with E-state index < -0.39 is 16.1 Å². The summed E-state index contributed by atoms with van der Waals surface area (Å²) < 4.78 is 26.2. The molecule has 32 heavy (non-hydrogen) atoms. The largest absolute Gasteiger partial charge is 0.350 e. The fourth-order valence-corrected chi connectivity index (χ4v) is 5.51. The van der Waals surface area contributed by atoms with Crippen LogP contribution in [-0.4, -0.2) is 44.6 Å². The highest BCUT2D eigenvalue weighted by molar-refractivity contribution is 7.92. The number of hydrogen-bond acceptors (Lipinski definition) is 4. The number of halogens is 1. The molecule has 1 aliphatic rings. The van der Waals surface area contributed by atoms with Gasteiger partial charge in [-0.2, -0.15) is 0 Å². The third-order valence-electron chi connectivity index (χ3n) is 5.72. The molecule has 174 valence electrons. The average Bonchev–Trinajstić information content (AvgIpc) is 2.77. The first-order valence-corrected chi connectivity index (χ1v) is 13.3. The van der Waals surface area contributed by atoms with Crippen molar-refractivity contribution in [2.45, 2.75) is 51.7 Å². The number of sulfonamides is 1. The number of nitrogens with one attached hydrogen (secondary N) is 1. The summed E-state index contributed by atoms with van der Waals surface area (Å²) in [6.45, 7) is 5.33. The van der Waals surface area contributed by atoms with Crippen molar-refractivity contribution in [1.29, 1.82) is 0 Å². The molecule has 1 atom stereocenters. The maximum Gasteiger partial charge on any atom is 0.244 e. The highest BCUT2D eigenvalue weighted by atomic mass is 35.5. The first-order valence-electron chi connectivity index (χ1n) is 11.1. The van der Waals surface area contributed by atoms with Crippen LogP contribution in [0.4, 0.5) is 5.69 Å². The standard InChI is InChI=1S/C24H32ClN3O3S/c1-3-23(28(32(2,30)31)22-12-10-21(25)11-13-22)24(29)26-17-19-8-7-9-20(16-19)18-27-14-5-4-6-15-27/h7-13,16,23H,3-6,14-15,17-18H2,1-2H3,(H,26,29)/t23-/m1/s1. The van der Waals surface area contributed by atoms with Crippen molar-refractivity contribution in [2.75, 3.05) is 23.7 Å². The summed E-state index contributed by atoms with van der Waals surface area (Å²) in [5.74, 6) is -0.325. The molecule has 2 aromatic rings. The molecule has 0 radical (unpaired) electrons. The van der Waals surface area contributed by atoms with Crippen LogP contribution in [-0.2, 0) is 27.9 Å². The normalized spacial score (nSPS) is 15.8. The summed E-state index contributed by atoms with van der Waals surface area (Å²) >= 11 is 5.95. The van der Waals surface area contributed by atoms with Crippen molar-refractivity contribution in [3.05, 3.63) is 64.7 Å². The molecule has 2 aromatic carbocycles. The second-order valence-electron chi connectivity index (χ2n) is 8.33. The van der Waals surface area contributed by atoms with Gasteiger partial charge in [-0.1, -0.05) is 49.2 Å². The summed E-state index contributed by atoms with van der Waals surface area (Å²) in [4.78, 5) is 15.5. The van der Waals surface area contributed by atoms with E-state index in [2.05, 4.69) is 22.3 Å². The molecule has 1 heterocycles. The first kappa shape index (κ1) is 24.6. The van der Waals surface area contributed by atoms with Crippen LogP contribution in [0.15, 0.2) is 48.5 Å². The Hall–Kier alpha value is -2.09. The van der Waals surface area contributed by atoms with Crippen molar-refractivity contribution in [1.82, 2.24) is 10.2 Å². The quantitative estimate of drug-likeness (QED) is 0.588. The number of anilines is 1. The Labute approximate surface area is 196 Å². The molecule has 0 saturated carbocycles. The molecule has 0 unspecified atom stereocenters. The van der Waals surface area contributed by atoms with Crippen LogP contribution in [0.1, 0.15) is 43.7 Å². The van der Waals surface area contributed by atoms with E-state index in [9.17, 15) is 13.2 Å². The van der Waals surface area contributed by atoms with Gasteiger partial charge in [-0.3, -0.25) is 14.0 Å². The Morgan fingerprint density at radius 3 is 2.38 bits per heavy atom. The molecule has 6 nitrogen and oxygen atoms in total. The van der Waals surface area contributed by atoms with Crippen molar-refractivity contribution >= 4 is 33.2 Å². The van der Waals surface area contributed by atoms with E-state index in [1.807, 2.05) is 12.1 Å². The molecule has 1 aliphatic heterocycles. The molecule has 0 spiro atoms. The van der Waals surface area contributed by atoms with Gasteiger partial charge in [-0.15, -0.1) is 0 Å². The Bertz CT molecular complexity index is 1010. The lowest BCUT2D eigenvalue weighted by Gasteiger charge is -2.30. The van der Waals surface area contributed by atoms with Crippen LogP contribution in [0.2, 0.25) is 5.02 Å². The molecule has 1 saturated heterocycles. The summed E-state index contributed by atoms with van der Waals surface area (Å²) in [5.41, 5.74) is 2.65. The molecule has 1 N–H and O–H groups in total. The zero-order valence-electron chi connectivity index (χ0n) is 18.8. The Kier molecular flexibility index (Phi) is 8.57. The van der Waals surface area contributed by atoms with Crippen LogP contribution in [0, 0.1) is 0 Å². The van der Waals surface area contributed by atoms with Crippen molar-refractivity contribution in [3.63, 3.8) is 0 Å². The molecule has 8 heteroatoms. The van der Waals surface area contributed by atoms with Gasteiger partial charge in [0.1, 0.15) is 6.04 Å². The second-order valence-corrected chi connectivity index (χ2v) is 10.6. The zero-order chi connectivity index (χ0) is 23.1. The van der Waals surface area contributed by atoms with Gasteiger partial charge in [0.25, 0.3) is 0 Å². The van der Waals surface area contributed by atoms with Gasteiger partial charge in [0.2, 0.25) is 15.9 Å². The maximum absolute atomic E-state index is 13.0.